The maximum absolute atomic E-state index is 9.46. The largest absolute Gasteiger partial charge is 0.508 e. The van der Waals surface area contributed by atoms with E-state index in [0.717, 1.165) is 25.9 Å². The lowest BCUT2D eigenvalue weighted by molar-refractivity contribution is 0.341. The Hall–Kier alpha value is -3.01. The Morgan fingerprint density at radius 2 is 1.77 bits per heavy atom. The fourth-order valence-corrected chi connectivity index (χ4v) is 3.70. The number of rotatable bonds is 5. The second kappa shape index (κ2) is 7.08. The predicted molar refractivity (Wildman–Crippen MR) is 106 cm³/mol. The zero-order valence-electron chi connectivity index (χ0n) is 14.7. The van der Waals surface area contributed by atoms with Crippen LogP contribution >= 0.6 is 0 Å². The maximum Gasteiger partial charge on any atom is 0.191 e. The lowest BCUT2D eigenvalue weighted by Gasteiger charge is -2.26. The highest BCUT2D eigenvalue weighted by molar-refractivity contribution is 5.86. The molecule has 1 atom stereocenters. The number of benzene rings is 3. The second-order valence-corrected chi connectivity index (χ2v) is 6.80. The van der Waals surface area contributed by atoms with E-state index in [-0.39, 0.29) is 6.04 Å². The summed E-state index contributed by atoms with van der Waals surface area (Å²) in [4.78, 5) is 6.68. The number of hydrogen-bond acceptors (Lipinski definition) is 4. The summed E-state index contributed by atoms with van der Waals surface area (Å²) < 4.78 is 0. The van der Waals surface area contributed by atoms with E-state index in [1.165, 1.54) is 21.9 Å². The molecule has 4 heteroatoms. The number of phenols is 1. The summed E-state index contributed by atoms with van der Waals surface area (Å²) in [6.45, 7) is 1.58. The van der Waals surface area contributed by atoms with Gasteiger partial charge in [-0.2, -0.15) is 0 Å². The standard InChI is InChI=1S/C22H23N3O/c23-22-24-15-19(14-16-8-10-20(26)11-9-16)25(22)13-12-18-6-3-5-17-4-1-2-7-21(17)18/h1-11,19,26H,12-15H2,(H2,23,24)/t19-/m1/s1. The quantitative estimate of drug-likeness (QED) is 0.746. The van der Waals surface area contributed by atoms with Crippen molar-refractivity contribution in [1.82, 2.24) is 4.90 Å². The Morgan fingerprint density at radius 3 is 2.62 bits per heavy atom. The van der Waals surface area contributed by atoms with Crippen LogP contribution in [0.25, 0.3) is 10.8 Å². The van der Waals surface area contributed by atoms with Crippen LogP contribution in [0.4, 0.5) is 0 Å². The van der Waals surface area contributed by atoms with Gasteiger partial charge in [0.05, 0.1) is 12.6 Å². The average Bonchev–Trinajstić information content (AvgIpc) is 3.01. The first-order valence-electron chi connectivity index (χ1n) is 9.02. The summed E-state index contributed by atoms with van der Waals surface area (Å²) in [6.07, 6.45) is 1.81. The van der Waals surface area contributed by atoms with Crippen molar-refractivity contribution in [3.63, 3.8) is 0 Å². The van der Waals surface area contributed by atoms with Crippen molar-refractivity contribution in [2.24, 2.45) is 10.7 Å². The van der Waals surface area contributed by atoms with Crippen LogP contribution in [0.1, 0.15) is 11.1 Å². The molecule has 132 valence electrons. The van der Waals surface area contributed by atoms with E-state index < -0.39 is 0 Å². The molecule has 3 N–H and O–H groups in total. The van der Waals surface area contributed by atoms with Crippen molar-refractivity contribution in [3.8, 4) is 5.75 Å². The number of guanidine groups is 1. The topological polar surface area (TPSA) is 61.9 Å². The van der Waals surface area contributed by atoms with E-state index >= 15 is 0 Å². The molecule has 0 radical (unpaired) electrons. The van der Waals surface area contributed by atoms with Gasteiger partial charge in [-0.25, -0.2) is 0 Å². The maximum atomic E-state index is 9.46. The molecule has 4 nitrogen and oxygen atoms in total. The van der Waals surface area contributed by atoms with E-state index in [4.69, 9.17) is 5.73 Å². The van der Waals surface area contributed by atoms with E-state index in [1.807, 2.05) is 12.1 Å². The first kappa shape index (κ1) is 16.5. The lowest BCUT2D eigenvalue weighted by Crippen LogP contribution is -2.43. The van der Waals surface area contributed by atoms with Gasteiger partial charge in [-0.15, -0.1) is 0 Å². The Balaban J connectivity index is 1.48. The fourth-order valence-electron chi connectivity index (χ4n) is 3.70. The Morgan fingerprint density at radius 1 is 1.00 bits per heavy atom. The van der Waals surface area contributed by atoms with Gasteiger partial charge in [0.1, 0.15) is 5.75 Å². The molecule has 3 aromatic carbocycles. The van der Waals surface area contributed by atoms with Crippen LogP contribution in [0.5, 0.6) is 5.75 Å². The van der Waals surface area contributed by atoms with Crippen molar-refractivity contribution in [1.29, 1.82) is 0 Å². The van der Waals surface area contributed by atoms with Crippen LogP contribution in [0.15, 0.2) is 71.7 Å². The molecule has 3 aromatic rings. The number of fused-ring (bicyclic) bond motifs is 1. The molecule has 0 aliphatic carbocycles. The van der Waals surface area contributed by atoms with Crippen LogP contribution < -0.4 is 5.73 Å². The summed E-state index contributed by atoms with van der Waals surface area (Å²) in [6, 6.07) is 22.6. The normalized spacial score (nSPS) is 16.8. The summed E-state index contributed by atoms with van der Waals surface area (Å²) in [7, 11) is 0. The minimum Gasteiger partial charge on any atom is -0.508 e. The van der Waals surface area contributed by atoms with E-state index in [1.54, 1.807) is 12.1 Å². The number of aromatic hydroxyl groups is 1. The van der Waals surface area contributed by atoms with Gasteiger partial charge >= 0.3 is 0 Å². The highest BCUT2D eigenvalue weighted by atomic mass is 16.3. The molecule has 0 spiro atoms. The summed E-state index contributed by atoms with van der Waals surface area (Å²) in [5.41, 5.74) is 8.69. The summed E-state index contributed by atoms with van der Waals surface area (Å²) >= 11 is 0. The second-order valence-electron chi connectivity index (χ2n) is 6.80. The summed E-state index contributed by atoms with van der Waals surface area (Å²) in [5, 5.41) is 12.0. The molecule has 26 heavy (non-hydrogen) atoms. The zero-order chi connectivity index (χ0) is 17.9. The van der Waals surface area contributed by atoms with Crippen LogP contribution in [0.3, 0.4) is 0 Å². The van der Waals surface area contributed by atoms with Crippen LogP contribution in [-0.4, -0.2) is 35.1 Å². The van der Waals surface area contributed by atoms with Gasteiger partial charge < -0.3 is 15.7 Å². The van der Waals surface area contributed by atoms with Gasteiger partial charge in [-0.3, -0.25) is 4.99 Å². The molecule has 1 heterocycles. The SMILES string of the molecule is NC1=NC[C@@H](Cc2ccc(O)cc2)N1CCc1cccc2ccccc12. The third kappa shape index (κ3) is 3.36. The van der Waals surface area contributed by atoms with E-state index in [0.29, 0.717) is 11.7 Å². The van der Waals surface area contributed by atoms with E-state index in [9.17, 15) is 5.11 Å². The Bertz CT molecular complexity index is 928. The van der Waals surface area contributed by atoms with Crippen molar-refractivity contribution in [3.05, 3.63) is 77.9 Å². The van der Waals surface area contributed by atoms with E-state index in [2.05, 4.69) is 52.4 Å². The molecule has 1 aliphatic heterocycles. The molecule has 0 unspecified atom stereocenters. The highest BCUT2D eigenvalue weighted by Crippen LogP contribution is 2.21. The fraction of sp³-hybridized carbons (Fsp3) is 0.227. The molecule has 0 bridgehead atoms. The predicted octanol–water partition coefficient (Wildman–Crippen LogP) is 3.33. The molecule has 0 amide bonds. The molecule has 1 aliphatic rings. The zero-order valence-corrected chi connectivity index (χ0v) is 14.7. The third-order valence-corrected chi connectivity index (χ3v) is 5.11. The number of phenolic OH excluding ortho intramolecular Hbond substituents is 1. The van der Waals surface area contributed by atoms with Crippen LogP contribution in [0.2, 0.25) is 0 Å². The van der Waals surface area contributed by atoms with Crippen molar-refractivity contribution in [2.45, 2.75) is 18.9 Å². The first-order chi connectivity index (χ1) is 12.7. The minimum absolute atomic E-state index is 0.273. The number of nitrogens with zero attached hydrogens (tertiary/aromatic N) is 2. The summed E-state index contributed by atoms with van der Waals surface area (Å²) in [5.74, 6) is 0.928. The van der Waals surface area contributed by atoms with Gasteiger partial charge in [0.15, 0.2) is 5.96 Å². The Labute approximate surface area is 153 Å². The smallest absolute Gasteiger partial charge is 0.191 e. The van der Waals surface area contributed by atoms with Gasteiger partial charge in [0.25, 0.3) is 0 Å². The third-order valence-electron chi connectivity index (χ3n) is 5.11. The van der Waals surface area contributed by atoms with Crippen LogP contribution in [-0.2, 0) is 12.8 Å². The van der Waals surface area contributed by atoms with Gasteiger partial charge in [-0.05, 0) is 46.9 Å². The molecular weight excluding hydrogens is 322 g/mol. The number of nitrogens with two attached hydrogens (primary N) is 1. The van der Waals surface area contributed by atoms with Crippen molar-refractivity contribution in [2.75, 3.05) is 13.1 Å². The Kier molecular flexibility index (Phi) is 4.48. The first-order valence-corrected chi connectivity index (χ1v) is 9.02. The van der Waals surface area contributed by atoms with Gasteiger partial charge in [0, 0.05) is 6.54 Å². The average molecular weight is 345 g/mol. The number of aliphatic imine (C=N–C) groups is 1. The highest BCUT2D eigenvalue weighted by Gasteiger charge is 2.25. The molecule has 4 rings (SSSR count). The number of hydrogen-bond donors (Lipinski definition) is 2. The van der Waals surface area contributed by atoms with Gasteiger partial charge in [-0.1, -0.05) is 54.6 Å². The molecule has 0 aromatic heterocycles. The van der Waals surface area contributed by atoms with Crippen LogP contribution in [0, 0.1) is 0 Å². The lowest BCUT2D eigenvalue weighted by atomic mass is 10.0. The molecular formula is C22H23N3O. The minimum atomic E-state index is 0.273. The van der Waals surface area contributed by atoms with Crippen molar-refractivity contribution < 1.29 is 5.11 Å². The van der Waals surface area contributed by atoms with Gasteiger partial charge in [0.2, 0.25) is 0 Å². The van der Waals surface area contributed by atoms with Crippen molar-refractivity contribution >= 4 is 16.7 Å². The molecule has 0 fully saturated rings. The molecule has 0 saturated carbocycles. The molecule has 0 saturated heterocycles. The monoisotopic (exact) mass is 345 g/mol.